The number of imidazole rings is 1. The summed E-state index contributed by atoms with van der Waals surface area (Å²) in [5, 5.41) is 35.6. The number of thioether (sulfide) groups is 1. The van der Waals surface area contributed by atoms with Crippen LogP contribution in [0.5, 0.6) is 5.75 Å². The van der Waals surface area contributed by atoms with Crippen LogP contribution in [0.3, 0.4) is 0 Å². The first-order chi connectivity index (χ1) is 19.0. The van der Waals surface area contributed by atoms with Gasteiger partial charge in [0.25, 0.3) is 0 Å². The van der Waals surface area contributed by atoms with Crippen LogP contribution in [0, 0.1) is 0 Å². The van der Waals surface area contributed by atoms with Gasteiger partial charge in [-0.15, -0.1) is 0 Å². The number of hydrogen-bond acceptors (Lipinski definition) is 9. The number of carboxylic acid groups (broad SMARTS) is 2. The molecule has 15 heteroatoms. The zero-order valence-electron chi connectivity index (χ0n) is 21.8. The molecule has 1 aromatic carbocycles. The van der Waals surface area contributed by atoms with E-state index in [2.05, 4.69) is 25.9 Å². The van der Waals surface area contributed by atoms with Crippen molar-refractivity contribution in [3.8, 4) is 5.75 Å². The molecule has 218 valence electrons. The first kappa shape index (κ1) is 32.1. The van der Waals surface area contributed by atoms with Crippen molar-refractivity contribution in [2.45, 2.75) is 56.3 Å². The fourth-order valence-corrected chi connectivity index (χ4v) is 4.13. The van der Waals surface area contributed by atoms with Gasteiger partial charge in [-0.25, -0.2) is 9.78 Å². The lowest BCUT2D eigenvalue weighted by Crippen LogP contribution is -2.57. The first-order valence-electron chi connectivity index (χ1n) is 12.4. The third-order valence-corrected chi connectivity index (χ3v) is 6.49. The molecule has 0 aliphatic heterocycles. The van der Waals surface area contributed by atoms with Gasteiger partial charge < -0.3 is 42.0 Å². The van der Waals surface area contributed by atoms with Crippen molar-refractivity contribution in [1.82, 2.24) is 25.9 Å². The van der Waals surface area contributed by atoms with Crippen molar-refractivity contribution < 1.29 is 39.3 Å². The molecule has 40 heavy (non-hydrogen) atoms. The van der Waals surface area contributed by atoms with Gasteiger partial charge in [0.1, 0.15) is 23.9 Å². The van der Waals surface area contributed by atoms with Crippen molar-refractivity contribution in [1.29, 1.82) is 0 Å². The van der Waals surface area contributed by atoms with E-state index in [1.165, 1.54) is 48.6 Å². The van der Waals surface area contributed by atoms with E-state index in [4.69, 9.17) is 10.8 Å². The highest BCUT2D eigenvalue weighted by atomic mass is 32.2. The van der Waals surface area contributed by atoms with Gasteiger partial charge in [-0.1, -0.05) is 12.1 Å². The molecule has 14 nitrogen and oxygen atoms in total. The summed E-state index contributed by atoms with van der Waals surface area (Å²) in [4.78, 5) is 68.6. The van der Waals surface area contributed by atoms with E-state index in [1.54, 1.807) is 6.26 Å². The van der Waals surface area contributed by atoms with Crippen molar-refractivity contribution in [2.75, 3.05) is 12.0 Å². The third kappa shape index (κ3) is 10.9. The minimum absolute atomic E-state index is 0.00584. The molecule has 0 aliphatic carbocycles. The monoisotopic (exact) mass is 578 g/mol. The highest BCUT2D eigenvalue weighted by molar-refractivity contribution is 7.98. The molecule has 9 N–H and O–H groups in total. The Balaban J connectivity index is 2.13. The molecule has 4 atom stereocenters. The number of aromatic hydroxyl groups is 1. The van der Waals surface area contributed by atoms with E-state index in [0.717, 1.165) is 0 Å². The van der Waals surface area contributed by atoms with Crippen LogP contribution >= 0.6 is 11.8 Å². The summed E-state index contributed by atoms with van der Waals surface area (Å²) in [6.07, 6.45) is 4.15. The van der Waals surface area contributed by atoms with Gasteiger partial charge in [-0.3, -0.25) is 19.2 Å². The number of carboxylic acids is 2. The maximum Gasteiger partial charge on any atom is 0.326 e. The van der Waals surface area contributed by atoms with E-state index in [0.29, 0.717) is 17.0 Å². The Morgan fingerprint density at radius 2 is 1.52 bits per heavy atom. The number of phenolic OH excluding ortho intramolecular Hbond substituents is 1. The molecule has 0 fully saturated rings. The fraction of sp³-hybridized carbons (Fsp3) is 0.440. The molecule has 0 saturated heterocycles. The Kier molecular flexibility index (Phi) is 12.9. The maximum atomic E-state index is 13.1. The Morgan fingerprint density at radius 3 is 2.08 bits per heavy atom. The van der Waals surface area contributed by atoms with Gasteiger partial charge in [-0.2, -0.15) is 11.8 Å². The Labute approximate surface area is 234 Å². The molecule has 4 unspecified atom stereocenters. The lowest BCUT2D eigenvalue weighted by molar-refractivity contribution is -0.142. The number of aliphatic carboxylic acids is 2. The van der Waals surface area contributed by atoms with Gasteiger partial charge in [0, 0.05) is 31.2 Å². The van der Waals surface area contributed by atoms with Crippen LogP contribution in [0.2, 0.25) is 0 Å². The van der Waals surface area contributed by atoms with E-state index in [1.807, 2.05) is 0 Å². The van der Waals surface area contributed by atoms with E-state index < -0.39 is 60.2 Å². The van der Waals surface area contributed by atoms with Gasteiger partial charge in [0.2, 0.25) is 17.7 Å². The molecule has 1 heterocycles. The molecule has 0 radical (unpaired) electrons. The van der Waals surface area contributed by atoms with Crippen LogP contribution in [0.25, 0.3) is 0 Å². The number of H-pyrrole nitrogens is 1. The summed E-state index contributed by atoms with van der Waals surface area (Å²) in [6.45, 7) is 0. The second-order valence-corrected chi connectivity index (χ2v) is 9.98. The van der Waals surface area contributed by atoms with Crippen molar-refractivity contribution in [3.63, 3.8) is 0 Å². The SMILES string of the molecule is CSCCC(NC(=O)C(CCC(=O)O)NC(=O)C(N)Cc1cnc[nH]1)C(=O)NC(Cc1ccc(O)cc1)C(=O)O. The molecule has 0 spiro atoms. The average molecular weight is 579 g/mol. The predicted molar refractivity (Wildman–Crippen MR) is 145 cm³/mol. The molecule has 1 aromatic heterocycles. The zero-order chi connectivity index (χ0) is 29.7. The quantitative estimate of drug-likeness (QED) is 0.118. The predicted octanol–water partition coefficient (Wildman–Crippen LogP) is -0.615. The summed E-state index contributed by atoms with van der Waals surface area (Å²) in [5.41, 5.74) is 7.08. The van der Waals surface area contributed by atoms with Crippen LogP contribution in [0.1, 0.15) is 30.5 Å². The molecule has 2 rings (SSSR count). The minimum Gasteiger partial charge on any atom is -0.508 e. The normalized spacial score (nSPS) is 13.8. The average Bonchev–Trinajstić information content (AvgIpc) is 3.42. The van der Waals surface area contributed by atoms with Crippen LogP contribution in [-0.4, -0.2) is 91.1 Å². The number of nitrogens with two attached hydrogens (primary N) is 1. The van der Waals surface area contributed by atoms with Crippen molar-refractivity contribution in [2.24, 2.45) is 5.73 Å². The number of carbonyl (C=O) groups excluding carboxylic acids is 3. The van der Waals surface area contributed by atoms with Crippen molar-refractivity contribution >= 4 is 41.4 Å². The van der Waals surface area contributed by atoms with Gasteiger partial charge in [-0.05, 0) is 42.5 Å². The lowest BCUT2D eigenvalue weighted by Gasteiger charge is -2.25. The second-order valence-electron chi connectivity index (χ2n) is 8.99. The zero-order valence-corrected chi connectivity index (χ0v) is 22.6. The summed E-state index contributed by atoms with van der Waals surface area (Å²) < 4.78 is 0. The van der Waals surface area contributed by atoms with Gasteiger partial charge >= 0.3 is 11.9 Å². The molecular weight excluding hydrogens is 544 g/mol. The standard InChI is InChI=1S/C25H34N6O8S/c1-40-9-8-19(24(37)31-20(25(38)39)10-14-2-4-16(32)5-3-14)30-23(36)18(6-7-21(33)34)29-22(35)17(26)11-15-12-27-13-28-15/h2-5,12-13,17-20,32H,6-11,26H2,1H3,(H,27,28)(H,29,35)(H,30,36)(H,31,37)(H,33,34)(H,38,39). The van der Waals surface area contributed by atoms with E-state index in [-0.39, 0.29) is 31.4 Å². The van der Waals surface area contributed by atoms with Crippen LogP contribution in [-0.2, 0) is 36.8 Å². The largest absolute Gasteiger partial charge is 0.508 e. The van der Waals surface area contributed by atoms with E-state index >= 15 is 0 Å². The number of aromatic nitrogens is 2. The number of phenols is 1. The summed E-state index contributed by atoms with van der Waals surface area (Å²) >= 11 is 1.40. The number of nitrogens with one attached hydrogen (secondary N) is 4. The second kappa shape index (κ2) is 16.1. The Morgan fingerprint density at radius 1 is 0.925 bits per heavy atom. The topological polar surface area (TPSA) is 237 Å². The highest BCUT2D eigenvalue weighted by Gasteiger charge is 2.30. The first-order valence-corrected chi connectivity index (χ1v) is 13.7. The molecular formula is C25H34N6O8S. The maximum absolute atomic E-state index is 13.1. The third-order valence-electron chi connectivity index (χ3n) is 5.85. The highest BCUT2D eigenvalue weighted by Crippen LogP contribution is 2.12. The minimum atomic E-state index is -1.33. The van der Waals surface area contributed by atoms with Crippen molar-refractivity contribution in [3.05, 3.63) is 48.0 Å². The molecule has 0 saturated carbocycles. The van der Waals surface area contributed by atoms with Crippen LogP contribution < -0.4 is 21.7 Å². The number of hydrogen-bond donors (Lipinski definition) is 8. The number of carbonyl (C=O) groups is 5. The van der Waals surface area contributed by atoms with Crippen LogP contribution in [0.4, 0.5) is 0 Å². The molecule has 0 aliphatic rings. The number of aromatic amines is 1. The number of amides is 3. The number of nitrogens with zero attached hydrogens (tertiary/aromatic N) is 1. The fourth-order valence-electron chi connectivity index (χ4n) is 3.66. The number of benzene rings is 1. The molecule has 0 bridgehead atoms. The summed E-state index contributed by atoms with van der Waals surface area (Å²) in [6, 6.07) is 0.974. The number of rotatable bonds is 17. The lowest BCUT2D eigenvalue weighted by atomic mass is 10.0. The van der Waals surface area contributed by atoms with E-state index in [9.17, 15) is 34.2 Å². The Hall–Kier alpha value is -4.11. The van der Waals surface area contributed by atoms with Gasteiger partial charge in [0.05, 0.1) is 12.4 Å². The molecule has 2 aromatic rings. The van der Waals surface area contributed by atoms with Gasteiger partial charge in [0.15, 0.2) is 0 Å². The van der Waals surface area contributed by atoms with Crippen LogP contribution in [0.15, 0.2) is 36.8 Å². The summed E-state index contributed by atoms with van der Waals surface area (Å²) in [5.74, 6) is -4.31. The Bertz CT molecular complexity index is 1140. The summed E-state index contributed by atoms with van der Waals surface area (Å²) in [7, 11) is 0. The smallest absolute Gasteiger partial charge is 0.326 e. The molecule has 3 amide bonds.